The van der Waals surface area contributed by atoms with Gasteiger partial charge >= 0.3 is 0 Å². The highest BCUT2D eigenvalue weighted by Gasteiger charge is 2.12. The van der Waals surface area contributed by atoms with E-state index in [0.29, 0.717) is 25.3 Å². The molecular weight excluding hydrogens is 318 g/mol. The van der Waals surface area contributed by atoms with Crippen LogP contribution in [-0.2, 0) is 16.1 Å². The van der Waals surface area contributed by atoms with Crippen LogP contribution in [-0.4, -0.2) is 56.6 Å². The fourth-order valence-corrected chi connectivity index (χ4v) is 2.01. The Morgan fingerprint density at radius 3 is 2.52 bits per heavy atom. The number of amides is 2. The highest BCUT2D eigenvalue weighted by molar-refractivity contribution is 5.94. The number of hydrogen-bond acceptors (Lipinski definition) is 4. The summed E-state index contributed by atoms with van der Waals surface area (Å²) >= 11 is 0. The number of nitrogens with one attached hydrogen (secondary N) is 2. The van der Waals surface area contributed by atoms with Gasteiger partial charge in [0.15, 0.2) is 0 Å². The number of carbonyl (C=O) groups excluding carboxylic acids is 2. The van der Waals surface area contributed by atoms with E-state index in [4.69, 9.17) is 4.74 Å². The van der Waals surface area contributed by atoms with Gasteiger partial charge in [0.25, 0.3) is 5.91 Å². The van der Waals surface area contributed by atoms with Gasteiger partial charge < -0.3 is 20.3 Å². The van der Waals surface area contributed by atoms with Crippen LogP contribution in [0.25, 0.3) is 0 Å². The van der Waals surface area contributed by atoms with Crippen LogP contribution in [0.5, 0.6) is 0 Å². The average Bonchev–Trinajstić information content (AvgIpc) is 2.59. The highest BCUT2D eigenvalue weighted by atomic mass is 16.5. The summed E-state index contributed by atoms with van der Waals surface area (Å²) in [7, 11) is 3.92. The summed E-state index contributed by atoms with van der Waals surface area (Å²) in [6.45, 7) is 7.61. The molecule has 138 valence electrons. The quantitative estimate of drug-likeness (QED) is 0.471. The Labute approximate surface area is 150 Å². The summed E-state index contributed by atoms with van der Waals surface area (Å²) in [4.78, 5) is 25.9. The third-order valence-electron chi connectivity index (χ3n) is 3.59. The minimum Gasteiger partial charge on any atom is -0.368 e. The van der Waals surface area contributed by atoms with Crippen LogP contribution in [0.15, 0.2) is 36.9 Å². The summed E-state index contributed by atoms with van der Waals surface area (Å²) in [6.07, 6.45) is 1.97. The predicted octanol–water partition coefficient (Wildman–Crippen LogP) is 1.58. The van der Waals surface area contributed by atoms with Crippen molar-refractivity contribution in [3.05, 3.63) is 48.0 Å². The van der Waals surface area contributed by atoms with Crippen molar-refractivity contribution in [1.29, 1.82) is 0 Å². The zero-order chi connectivity index (χ0) is 18.7. The lowest BCUT2D eigenvalue weighted by molar-refractivity contribution is -0.131. The summed E-state index contributed by atoms with van der Waals surface area (Å²) in [5, 5.41) is 5.69. The van der Waals surface area contributed by atoms with Crippen LogP contribution in [0.3, 0.4) is 0 Å². The van der Waals surface area contributed by atoms with Crippen LogP contribution in [0.4, 0.5) is 0 Å². The van der Waals surface area contributed by atoms with E-state index in [0.717, 1.165) is 18.5 Å². The molecule has 0 saturated carbocycles. The first-order valence-corrected chi connectivity index (χ1v) is 8.46. The summed E-state index contributed by atoms with van der Waals surface area (Å²) < 4.78 is 5.40. The van der Waals surface area contributed by atoms with Crippen LogP contribution in [0.1, 0.15) is 29.3 Å². The summed E-state index contributed by atoms with van der Waals surface area (Å²) in [5.74, 6) is -0.253. The number of rotatable bonds is 11. The van der Waals surface area contributed by atoms with Gasteiger partial charge in [0.1, 0.15) is 6.10 Å². The maximum atomic E-state index is 12.0. The average molecular weight is 347 g/mol. The maximum absolute atomic E-state index is 12.0. The second-order valence-electron chi connectivity index (χ2n) is 6.06. The Kier molecular flexibility index (Phi) is 9.50. The van der Waals surface area contributed by atoms with E-state index in [2.05, 4.69) is 17.2 Å². The highest BCUT2D eigenvalue weighted by Crippen LogP contribution is 2.05. The third-order valence-corrected chi connectivity index (χ3v) is 3.59. The molecule has 0 radical (unpaired) electrons. The van der Waals surface area contributed by atoms with Crippen molar-refractivity contribution in [2.75, 3.05) is 33.8 Å². The molecule has 0 aromatic heterocycles. The van der Waals surface area contributed by atoms with Crippen molar-refractivity contribution in [1.82, 2.24) is 15.5 Å². The number of carbonyl (C=O) groups is 2. The maximum Gasteiger partial charge on any atom is 0.251 e. The lowest BCUT2D eigenvalue weighted by Crippen LogP contribution is -2.34. The molecule has 0 aliphatic heterocycles. The predicted molar refractivity (Wildman–Crippen MR) is 99.4 cm³/mol. The molecule has 0 heterocycles. The smallest absolute Gasteiger partial charge is 0.251 e. The molecule has 0 aliphatic rings. The topological polar surface area (TPSA) is 70.7 Å². The molecule has 0 unspecified atom stereocenters. The second kappa shape index (κ2) is 11.4. The van der Waals surface area contributed by atoms with Gasteiger partial charge in [0, 0.05) is 25.2 Å². The van der Waals surface area contributed by atoms with Crippen LogP contribution in [0, 0.1) is 0 Å². The van der Waals surface area contributed by atoms with Crippen molar-refractivity contribution in [2.45, 2.75) is 26.0 Å². The number of benzene rings is 1. The number of ether oxygens (including phenoxy) is 1. The van der Waals surface area contributed by atoms with E-state index in [1.807, 2.05) is 31.1 Å². The zero-order valence-electron chi connectivity index (χ0n) is 15.4. The van der Waals surface area contributed by atoms with Crippen molar-refractivity contribution in [3.8, 4) is 0 Å². The van der Waals surface area contributed by atoms with E-state index >= 15 is 0 Å². The van der Waals surface area contributed by atoms with Gasteiger partial charge in [-0.05, 0) is 45.1 Å². The molecule has 1 aromatic rings. The molecule has 2 N–H and O–H groups in total. The molecular formula is C19H29N3O3. The molecule has 6 heteroatoms. The lowest BCUT2D eigenvalue weighted by Gasteiger charge is -2.13. The fraction of sp³-hybridized carbons (Fsp3) is 0.474. The summed E-state index contributed by atoms with van der Waals surface area (Å²) in [5.41, 5.74) is 1.53. The van der Waals surface area contributed by atoms with Gasteiger partial charge in [-0.25, -0.2) is 0 Å². The van der Waals surface area contributed by atoms with E-state index in [9.17, 15) is 9.59 Å². The molecule has 0 saturated heterocycles. The Morgan fingerprint density at radius 2 is 1.92 bits per heavy atom. The largest absolute Gasteiger partial charge is 0.368 e. The standard InChI is InChI=1S/C19H29N3O3/c1-5-6-13-25-15(2)18(23)21-14-16-7-9-17(10-8-16)19(24)20-11-12-22(3)4/h5,7-10,15H,1,6,11-14H2,2-4H3,(H,20,24)(H,21,23)/t15-/m0/s1. The van der Waals surface area contributed by atoms with Crippen LogP contribution in [0.2, 0.25) is 0 Å². The molecule has 6 nitrogen and oxygen atoms in total. The van der Waals surface area contributed by atoms with Gasteiger partial charge in [0.2, 0.25) is 5.91 Å². The minimum atomic E-state index is -0.498. The van der Waals surface area contributed by atoms with Crippen LogP contribution < -0.4 is 10.6 Å². The first-order valence-electron chi connectivity index (χ1n) is 8.46. The van der Waals surface area contributed by atoms with E-state index in [1.54, 1.807) is 25.1 Å². The van der Waals surface area contributed by atoms with Crippen LogP contribution >= 0.6 is 0 Å². The monoisotopic (exact) mass is 347 g/mol. The molecule has 25 heavy (non-hydrogen) atoms. The first-order chi connectivity index (χ1) is 11.9. The lowest BCUT2D eigenvalue weighted by atomic mass is 10.1. The number of hydrogen-bond donors (Lipinski definition) is 2. The molecule has 1 aromatic carbocycles. The minimum absolute atomic E-state index is 0.0957. The van der Waals surface area contributed by atoms with Crippen molar-refractivity contribution >= 4 is 11.8 Å². The van der Waals surface area contributed by atoms with E-state index in [-0.39, 0.29) is 11.8 Å². The SMILES string of the molecule is C=CCCO[C@@H](C)C(=O)NCc1ccc(C(=O)NCCN(C)C)cc1. The Bertz CT molecular complexity index is 556. The molecule has 0 aliphatic carbocycles. The Hall–Kier alpha value is -2.18. The number of likely N-dealkylation sites (N-methyl/N-ethyl adjacent to an activating group) is 1. The first kappa shape index (κ1) is 20.9. The molecule has 0 bridgehead atoms. The van der Waals surface area contributed by atoms with Crippen molar-refractivity contribution in [3.63, 3.8) is 0 Å². The van der Waals surface area contributed by atoms with Gasteiger partial charge in [-0.1, -0.05) is 18.2 Å². The normalized spacial score (nSPS) is 11.8. The molecule has 0 fully saturated rings. The van der Waals surface area contributed by atoms with Gasteiger partial charge in [-0.15, -0.1) is 6.58 Å². The Balaban J connectivity index is 2.39. The van der Waals surface area contributed by atoms with Gasteiger partial charge in [0.05, 0.1) is 6.61 Å². The molecule has 1 atom stereocenters. The molecule has 1 rings (SSSR count). The second-order valence-corrected chi connectivity index (χ2v) is 6.06. The number of nitrogens with zero attached hydrogens (tertiary/aromatic N) is 1. The molecule has 0 spiro atoms. The summed E-state index contributed by atoms with van der Waals surface area (Å²) in [6, 6.07) is 7.20. The van der Waals surface area contributed by atoms with Crippen molar-refractivity contribution in [2.24, 2.45) is 0 Å². The molecule has 2 amide bonds. The van der Waals surface area contributed by atoms with E-state index < -0.39 is 6.10 Å². The zero-order valence-corrected chi connectivity index (χ0v) is 15.4. The van der Waals surface area contributed by atoms with E-state index in [1.165, 1.54) is 0 Å². The third kappa shape index (κ3) is 8.47. The van der Waals surface area contributed by atoms with Gasteiger partial charge in [-0.2, -0.15) is 0 Å². The fourth-order valence-electron chi connectivity index (χ4n) is 2.01. The van der Waals surface area contributed by atoms with Crippen molar-refractivity contribution < 1.29 is 14.3 Å². The van der Waals surface area contributed by atoms with Gasteiger partial charge in [-0.3, -0.25) is 9.59 Å². The Morgan fingerprint density at radius 1 is 1.24 bits per heavy atom.